The smallest absolute Gasteiger partial charge is 0.344 e. The normalized spacial score (nSPS) is 10.5. The highest BCUT2D eigenvalue weighted by atomic mass is 32.1. The Labute approximate surface area is 145 Å². The third-order valence-electron chi connectivity index (χ3n) is 3.31. The number of rotatable bonds is 8. The molecule has 0 aliphatic heterocycles. The van der Waals surface area contributed by atoms with Crippen LogP contribution in [0.1, 0.15) is 30.2 Å². The topological polar surface area (TPSA) is 64.6 Å². The van der Waals surface area contributed by atoms with Gasteiger partial charge < -0.3 is 14.8 Å². The molecule has 128 valence electrons. The predicted octanol–water partition coefficient (Wildman–Crippen LogP) is 3.11. The molecule has 0 aliphatic carbocycles. The molecule has 2 rings (SSSR count). The SMILES string of the molecule is CC(C)c1ccc(OCC(=O)OCC(=O)NCc2cccs2)cc1. The molecule has 2 aromatic rings. The van der Waals surface area contributed by atoms with Gasteiger partial charge in [-0.1, -0.05) is 32.0 Å². The van der Waals surface area contributed by atoms with Crippen molar-refractivity contribution in [3.63, 3.8) is 0 Å². The number of ether oxygens (including phenoxy) is 2. The number of hydrogen-bond acceptors (Lipinski definition) is 5. The van der Waals surface area contributed by atoms with E-state index in [1.165, 1.54) is 5.56 Å². The van der Waals surface area contributed by atoms with E-state index in [1.807, 2.05) is 41.8 Å². The number of carbonyl (C=O) groups is 2. The van der Waals surface area contributed by atoms with Crippen molar-refractivity contribution in [2.45, 2.75) is 26.3 Å². The van der Waals surface area contributed by atoms with Crippen LogP contribution in [0, 0.1) is 0 Å². The minimum Gasteiger partial charge on any atom is -0.482 e. The molecular weight excluding hydrogens is 326 g/mol. The number of carbonyl (C=O) groups excluding carboxylic acids is 2. The second-order valence-corrected chi connectivity index (χ2v) is 6.56. The Morgan fingerprint density at radius 2 is 1.88 bits per heavy atom. The number of hydrogen-bond donors (Lipinski definition) is 1. The summed E-state index contributed by atoms with van der Waals surface area (Å²) in [7, 11) is 0. The average Bonchev–Trinajstić information content (AvgIpc) is 3.10. The molecule has 0 radical (unpaired) electrons. The van der Waals surface area contributed by atoms with Crippen molar-refractivity contribution in [2.24, 2.45) is 0 Å². The van der Waals surface area contributed by atoms with E-state index in [0.29, 0.717) is 18.2 Å². The van der Waals surface area contributed by atoms with Crippen molar-refractivity contribution in [2.75, 3.05) is 13.2 Å². The summed E-state index contributed by atoms with van der Waals surface area (Å²) in [6, 6.07) is 11.4. The van der Waals surface area contributed by atoms with Crippen molar-refractivity contribution in [3.8, 4) is 5.75 Å². The van der Waals surface area contributed by atoms with Crippen LogP contribution in [0.4, 0.5) is 0 Å². The lowest BCUT2D eigenvalue weighted by Gasteiger charge is -2.09. The van der Waals surface area contributed by atoms with Crippen molar-refractivity contribution >= 4 is 23.2 Å². The van der Waals surface area contributed by atoms with Gasteiger partial charge >= 0.3 is 5.97 Å². The van der Waals surface area contributed by atoms with Gasteiger partial charge in [-0.05, 0) is 35.1 Å². The van der Waals surface area contributed by atoms with Gasteiger partial charge in [0.25, 0.3) is 5.91 Å². The van der Waals surface area contributed by atoms with Crippen LogP contribution in [0.3, 0.4) is 0 Å². The Morgan fingerprint density at radius 1 is 1.12 bits per heavy atom. The van der Waals surface area contributed by atoms with Crippen LogP contribution >= 0.6 is 11.3 Å². The van der Waals surface area contributed by atoms with Crippen molar-refractivity contribution < 1.29 is 19.1 Å². The van der Waals surface area contributed by atoms with E-state index in [9.17, 15) is 9.59 Å². The highest BCUT2D eigenvalue weighted by Crippen LogP contribution is 2.18. The highest BCUT2D eigenvalue weighted by molar-refractivity contribution is 7.09. The van der Waals surface area contributed by atoms with Gasteiger partial charge in [0, 0.05) is 4.88 Å². The molecule has 0 bridgehead atoms. The summed E-state index contributed by atoms with van der Waals surface area (Å²) in [4.78, 5) is 24.2. The molecule has 1 aromatic heterocycles. The predicted molar refractivity (Wildman–Crippen MR) is 93.2 cm³/mol. The molecule has 0 saturated carbocycles. The first kappa shape index (κ1) is 18.0. The van der Waals surface area contributed by atoms with Gasteiger partial charge in [0.15, 0.2) is 13.2 Å². The van der Waals surface area contributed by atoms with Gasteiger partial charge in [-0.3, -0.25) is 4.79 Å². The molecule has 1 amide bonds. The van der Waals surface area contributed by atoms with Crippen LogP contribution in [0.2, 0.25) is 0 Å². The summed E-state index contributed by atoms with van der Waals surface area (Å²) in [5.41, 5.74) is 1.20. The van der Waals surface area contributed by atoms with Crippen molar-refractivity contribution in [1.82, 2.24) is 5.32 Å². The van der Waals surface area contributed by atoms with E-state index in [1.54, 1.807) is 11.3 Å². The number of nitrogens with one attached hydrogen (secondary N) is 1. The van der Waals surface area contributed by atoms with Gasteiger partial charge in [0.05, 0.1) is 6.54 Å². The highest BCUT2D eigenvalue weighted by Gasteiger charge is 2.09. The lowest BCUT2D eigenvalue weighted by molar-refractivity contribution is -0.150. The maximum atomic E-state index is 11.6. The molecule has 0 atom stereocenters. The van der Waals surface area contributed by atoms with Gasteiger partial charge in [-0.2, -0.15) is 0 Å². The fraction of sp³-hybridized carbons (Fsp3) is 0.333. The van der Waals surface area contributed by atoms with Gasteiger partial charge in [-0.25, -0.2) is 4.79 Å². The molecule has 0 saturated heterocycles. The first-order valence-electron chi connectivity index (χ1n) is 7.72. The Bertz CT molecular complexity index is 650. The molecule has 5 nitrogen and oxygen atoms in total. The molecule has 0 spiro atoms. The second kappa shape index (κ2) is 9.08. The molecular formula is C18H21NO4S. The zero-order valence-corrected chi connectivity index (χ0v) is 14.6. The lowest BCUT2D eigenvalue weighted by Crippen LogP contribution is -2.29. The van der Waals surface area contributed by atoms with Crippen molar-refractivity contribution in [1.29, 1.82) is 0 Å². The van der Waals surface area contributed by atoms with Crippen LogP contribution in [-0.2, 0) is 20.9 Å². The number of benzene rings is 1. The van der Waals surface area contributed by atoms with Crippen LogP contribution in [0.25, 0.3) is 0 Å². The number of thiophene rings is 1. The molecule has 0 unspecified atom stereocenters. The van der Waals surface area contributed by atoms with Crippen LogP contribution in [0.15, 0.2) is 41.8 Å². The Hall–Kier alpha value is -2.34. The summed E-state index contributed by atoms with van der Waals surface area (Å²) < 4.78 is 10.2. The molecule has 0 fully saturated rings. The summed E-state index contributed by atoms with van der Waals surface area (Å²) in [5.74, 6) is 0.127. The molecule has 6 heteroatoms. The quantitative estimate of drug-likeness (QED) is 0.745. The summed E-state index contributed by atoms with van der Waals surface area (Å²) in [6.45, 7) is 4.12. The van der Waals surface area contributed by atoms with Gasteiger partial charge in [0.1, 0.15) is 5.75 Å². The average molecular weight is 347 g/mol. The standard InChI is InChI=1S/C18H21NO4S/c1-13(2)14-5-7-15(8-6-14)22-12-18(21)23-11-17(20)19-10-16-4-3-9-24-16/h3-9,13H,10-12H2,1-2H3,(H,19,20). The molecule has 0 aliphatic rings. The Morgan fingerprint density at radius 3 is 2.50 bits per heavy atom. The van der Waals surface area contributed by atoms with Crippen LogP contribution in [-0.4, -0.2) is 25.1 Å². The first-order chi connectivity index (χ1) is 11.5. The van der Waals surface area contributed by atoms with E-state index in [4.69, 9.17) is 9.47 Å². The zero-order chi connectivity index (χ0) is 17.4. The lowest BCUT2D eigenvalue weighted by atomic mass is 10.0. The maximum absolute atomic E-state index is 11.6. The molecule has 1 aromatic carbocycles. The van der Waals surface area contributed by atoms with Crippen molar-refractivity contribution in [3.05, 3.63) is 52.2 Å². The number of amides is 1. The van der Waals surface area contributed by atoms with Crippen LogP contribution in [0.5, 0.6) is 5.75 Å². The van der Waals surface area contributed by atoms with E-state index in [0.717, 1.165) is 4.88 Å². The number of esters is 1. The second-order valence-electron chi connectivity index (χ2n) is 5.53. The zero-order valence-electron chi connectivity index (χ0n) is 13.8. The first-order valence-corrected chi connectivity index (χ1v) is 8.60. The molecule has 24 heavy (non-hydrogen) atoms. The summed E-state index contributed by atoms with van der Waals surface area (Å²) in [6.07, 6.45) is 0. The minimum absolute atomic E-state index is 0.223. The van der Waals surface area contributed by atoms with E-state index < -0.39 is 5.97 Å². The molecule has 1 N–H and O–H groups in total. The van der Waals surface area contributed by atoms with Gasteiger partial charge in [0.2, 0.25) is 0 Å². The van der Waals surface area contributed by atoms with E-state index in [2.05, 4.69) is 19.2 Å². The summed E-state index contributed by atoms with van der Waals surface area (Å²) >= 11 is 1.56. The maximum Gasteiger partial charge on any atom is 0.344 e. The third-order valence-corrected chi connectivity index (χ3v) is 4.18. The Balaban J connectivity index is 1.64. The van der Waals surface area contributed by atoms with E-state index in [-0.39, 0.29) is 19.1 Å². The largest absolute Gasteiger partial charge is 0.482 e. The molecule has 1 heterocycles. The van der Waals surface area contributed by atoms with Gasteiger partial charge in [-0.15, -0.1) is 11.3 Å². The fourth-order valence-electron chi connectivity index (χ4n) is 1.93. The van der Waals surface area contributed by atoms with Crippen LogP contribution < -0.4 is 10.1 Å². The Kier molecular flexibility index (Phi) is 6.81. The van der Waals surface area contributed by atoms with E-state index >= 15 is 0 Å². The monoisotopic (exact) mass is 347 g/mol. The third kappa shape index (κ3) is 6.04. The fourth-order valence-corrected chi connectivity index (χ4v) is 2.57. The summed E-state index contributed by atoms with van der Waals surface area (Å²) in [5, 5.41) is 4.62. The minimum atomic E-state index is -0.575.